The van der Waals surface area contributed by atoms with E-state index in [9.17, 15) is 18.8 Å². The van der Waals surface area contributed by atoms with Gasteiger partial charge in [0.15, 0.2) is 11.5 Å². The number of ether oxygens (including phenoxy) is 2. The zero-order valence-electron chi connectivity index (χ0n) is 13.8. The number of methoxy groups -OCH3 is 1. The summed E-state index contributed by atoms with van der Waals surface area (Å²) in [6, 6.07) is 10.3. The molecule has 9 heteroatoms. The number of hydrogen-bond donors (Lipinski definition) is 1. The predicted octanol–water partition coefficient (Wildman–Crippen LogP) is 5.15. The van der Waals surface area contributed by atoms with Crippen LogP contribution in [0.5, 0.6) is 11.5 Å². The van der Waals surface area contributed by atoms with Gasteiger partial charge in [0, 0.05) is 5.02 Å². The quantitative estimate of drug-likeness (QED) is 0.525. The van der Waals surface area contributed by atoms with Crippen LogP contribution in [0.1, 0.15) is 5.56 Å². The molecule has 1 N–H and O–H groups in total. The molecule has 1 amide bonds. The van der Waals surface area contributed by atoms with Crippen molar-refractivity contribution < 1.29 is 23.0 Å². The third-order valence-electron chi connectivity index (χ3n) is 3.26. The van der Waals surface area contributed by atoms with Crippen molar-refractivity contribution in [1.29, 1.82) is 5.26 Å². The number of benzene rings is 2. The molecule has 27 heavy (non-hydrogen) atoms. The maximum absolute atomic E-state index is 12.4. The molecule has 0 fully saturated rings. The molecule has 0 heterocycles. The molecule has 0 aliphatic carbocycles. The van der Waals surface area contributed by atoms with E-state index in [-0.39, 0.29) is 27.8 Å². The molecule has 0 aromatic heterocycles. The standard InChI is InChI=1S/C18H12Cl2F2N2O3/c1-26-16-7-10(2-5-15(16)27-18(21)22)6-11(9-23)17(25)24-14-8-12(19)3-4-13(14)20/h2-8,18H,1H3,(H,24,25). The van der Waals surface area contributed by atoms with Crippen molar-refractivity contribution in [1.82, 2.24) is 0 Å². The lowest BCUT2D eigenvalue weighted by molar-refractivity contribution is -0.112. The van der Waals surface area contributed by atoms with Crippen LogP contribution in [0.3, 0.4) is 0 Å². The number of carbonyl (C=O) groups excluding carboxylic acids is 1. The monoisotopic (exact) mass is 412 g/mol. The summed E-state index contributed by atoms with van der Waals surface area (Å²) in [4.78, 5) is 12.3. The molecule has 2 aromatic rings. The van der Waals surface area contributed by atoms with E-state index >= 15 is 0 Å². The highest BCUT2D eigenvalue weighted by Gasteiger charge is 2.14. The summed E-state index contributed by atoms with van der Waals surface area (Å²) < 4.78 is 34.0. The third-order valence-corrected chi connectivity index (χ3v) is 3.82. The number of alkyl halides is 2. The number of anilines is 1. The van der Waals surface area contributed by atoms with Crippen LogP contribution in [0.15, 0.2) is 42.0 Å². The van der Waals surface area contributed by atoms with E-state index in [2.05, 4.69) is 10.1 Å². The molecule has 0 bridgehead atoms. The number of hydrogen-bond acceptors (Lipinski definition) is 4. The lowest BCUT2D eigenvalue weighted by Gasteiger charge is -2.10. The molecule has 0 radical (unpaired) electrons. The fourth-order valence-electron chi connectivity index (χ4n) is 2.07. The zero-order chi connectivity index (χ0) is 20.0. The highest BCUT2D eigenvalue weighted by Crippen LogP contribution is 2.30. The summed E-state index contributed by atoms with van der Waals surface area (Å²) in [6.45, 7) is -3.01. The third kappa shape index (κ3) is 5.58. The van der Waals surface area contributed by atoms with Crippen LogP contribution in [-0.4, -0.2) is 19.6 Å². The minimum absolute atomic E-state index is 0.0274. The average Bonchev–Trinajstić information content (AvgIpc) is 2.63. The second-order valence-corrected chi connectivity index (χ2v) is 5.88. The van der Waals surface area contributed by atoms with Crippen molar-refractivity contribution in [3.63, 3.8) is 0 Å². The van der Waals surface area contributed by atoms with Gasteiger partial charge in [-0.1, -0.05) is 29.3 Å². The van der Waals surface area contributed by atoms with E-state index in [1.165, 1.54) is 43.5 Å². The van der Waals surface area contributed by atoms with E-state index in [4.69, 9.17) is 27.9 Å². The Bertz CT molecular complexity index is 927. The van der Waals surface area contributed by atoms with Crippen molar-refractivity contribution >= 4 is 40.9 Å². The van der Waals surface area contributed by atoms with Crippen molar-refractivity contribution in [2.45, 2.75) is 6.61 Å². The number of halogens is 4. The molecule has 0 aliphatic heterocycles. The largest absolute Gasteiger partial charge is 0.493 e. The molecule has 2 rings (SSSR count). The van der Waals surface area contributed by atoms with Crippen molar-refractivity contribution in [2.75, 3.05) is 12.4 Å². The Kier molecular flexibility index (Phi) is 6.99. The normalized spacial score (nSPS) is 11.1. The maximum Gasteiger partial charge on any atom is 0.387 e. The first-order valence-electron chi connectivity index (χ1n) is 7.35. The number of carbonyl (C=O) groups is 1. The van der Waals surface area contributed by atoms with Crippen LogP contribution in [-0.2, 0) is 4.79 Å². The predicted molar refractivity (Wildman–Crippen MR) is 98.3 cm³/mol. The zero-order valence-corrected chi connectivity index (χ0v) is 15.3. The first kappa shape index (κ1) is 20.5. The average molecular weight is 413 g/mol. The topological polar surface area (TPSA) is 71.3 Å². The van der Waals surface area contributed by atoms with E-state index < -0.39 is 12.5 Å². The van der Waals surface area contributed by atoms with Gasteiger partial charge >= 0.3 is 6.61 Å². The SMILES string of the molecule is COc1cc(C=C(C#N)C(=O)Nc2cc(Cl)ccc2Cl)ccc1OC(F)F. The van der Waals surface area contributed by atoms with Crippen LogP contribution >= 0.6 is 23.2 Å². The Balaban J connectivity index is 2.28. The maximum atomic E-state index is 12.4. The van der Waals surface area contributed by atoms with Gasteiger partial charge in [-0.2, -0.15) is 14.0 Å². The highest BCUT2D eigenvalue weighted by molar-refractivity contribution is 6.36. The molecule has 5 nitrogen and oxygen atoms in total. The van der Waals surface area contributed by atoms with Gasteiger partial charge < -0.3 is 14.8 Å². The molecular weight excluding hydrogens is 401 g/mol. The Morgan fingerprint density at radius 1 is 1.22 bits per heavy atom. The van der Waals surface area contributed by atoms with Gasteiger partial charge in [-0.25, -0.2) is 0 Å². The lowest BCUT2D eigenvalue weighted by atomic mass is 10.1. The van der Waals surface area contributed by atoms with E-state index in [1.54, 1.807) is 12.1 Å². The molecule has 2 aromatic carbocycles. The fourth-order valence-corrected chi connectivity index (χ4v) is 2.40. The molecule has 140 valence electrons. The smallest absolute Gasteiger partial charge is 0.387 e. The van der Waals surface area contributed by atoms with Gasteiger partial charge in [0.25, 0.3) is 5.91 Å². The second kappa shape index (κ2) is 9.21. The summed E-state index contributed by atoms with van der Waals surface area (Å²) in [5.74, 6) is -0.855. The van der Waals surface area contributed by atoms with Crippen LogP contribution in [0, 0.1) is 11.3 Å². The number of amides is 1. The minimum atomic E-state index is -3.01. The first-order chi connectivity index (χ1) is 12.8. The summed E-state index contributed by atoms with van der Waals surface area (Å²) in [6.07, 6.45) is 1.27. The molecule has 0 aliphatic rings. The highest BCUT2D eigenvalue weighted by atomic mass is 35.5. The van der Waals surface area contributed by atoms with Crippen molar-refractivity contribution in [2.24, 2.45) is 0 Å². The number of nitriles is 1. The van der Waals surface area contributed by atoms with Gasteiger partial charge in [-0.15, -0.1) is 0 Å². The second-order valence-electron chi connectivity index (χ2n) is 5.04. The molecule has 0 saturated heterocycles. The molecule has 0 spiro atoms. The molecular formula is C18H12Cl2F2N2O3. The van der Waals surface area contributed by atoms with Crippen LogP contribution in [0.4, 0.5) is 14.5 Å². The molecule has 0 saturated carbocycles. The van der Waals surface area contributed by atoms with Gasteiger partial charge in [-0.3, -0.25) is 4.79 Å². The van der Waals surface area contributed by atoms with E-state index in [0.29, 0.717) is 10.6 Å². The van der Waals surface area contributed by atoms with E-state index in [1.807, 2.05) is 0 Å². The van der Waals surface area contributed by atoms with Gasteiger partial charge in [0.05, 0.1) is 17.8 Å². The Labute approximate surface area is 163 Å². The fraction of sp³-hybridized carbons (Fsp3) is 0.111. The van der Waals surface area contributed by atoms with Crippen molar-refractivity contribution in [3.8, 4) is 17.6 Å². The molecule has 0 unspecified atom stereocenters. The Morgan fingerprint density at radius 3 is 2.59 bits per heavy atom. The summed E-state index contributed by atoms with van der Waals surface area (Å²) in [7, 11) is 1.28. The number of nitrogens with one attached hydrogen (secondary N) is 1. The minimum Gasteiger partial charge on any atom is -0.493 e. The van der Waals surface area contributed by atoms with Crippen LogP contribution < -0.4 is 14.8 Å². The summed E-state index contributed by atoms with van der Waals surface area (Å²) >= 11 is 11.8. The van der Waals surface area contributed by atoms with Gasteiger partial charge in [0.2, 0.25) is 0 Å². The van der Waals surface area contributed by atoms with E-state index in [0.717, 1.165) is 0 Å². The van der Waals surface area contributed by atoms with Crippen LogP contribution in [0.25, 0.3) is 6.08 Å². The van der Waals surface area contributed by atoms with Gasteiger partial charge in [0.1, 0.15) is 11.6 Å². The first-order valence-corrected chi connectivity index (χ1v) is 8.10. The summed E-state index contributed by atoms with van der Waals surface area (Å²) in [5.41, 5.74) is 0.376. The Morgan fingerprint density at radius 2 is 1.96 bits per heavy atom. The number of nitrogens with zero attached hydrogens (tertiary/aromatic N) is 1. The lowest BCUT2D eigenvalue weighted by Crippen LogP contribution is -2.13. The van der Waals surface area contributed by atoms with Gasteiger partial charge in [-0.05, 0) is 42.0 Å². The van der Waals surface area contributed by atoms with Crippen LogP contribution in [0.2, 0.25) is 10.0 Å². The summed E-state index contributed by atoms with van der Waals surface area (Å²) in [5, 5.41) is 12.4. The van der Waals surface area contributed by atoms with Crippen molar-refractivity contribution in [3.05, 3.63) is 57.6 Å². The Hall–Kier alpha value is -2.82. The molecule has 0 atom stereocenters. The number of rotatable bonds is 6.